The number of nitrogens with one attached hydrogen (secondary N) is 1. The van der Waals surface area contributed by atoms with Crippen molar-refractivity contribution in [3.63, 3.8) is 0 Å². The van der Waals surface area contributed by atoms with Gasteiger partial charge in [-0.1, -0.05) is 32.9 Å². The van der Waals surface area contributed by atoms with Crippen molar-refractivity contribution >= 4 is 17.7 Å². The molecule has 2 atom stereocenters. The number of hydrogen-bond donors (Lipinski definition) is 2. The highest BCUT2D eigenvalue weighted by Crippen LogP contribution is 2.14. The predicted molar refractivity (Wildman–Crippen MR) is 83.5 cm³/mol. The van der Waals surface area contributed by atoms with E-state index in [1.54, 1.807) is 6.92 Å². The smallest absolute Gasteiger partial charge is 0.326 e. The Labute approximate surface area is 134 Å². The average molecular weight is 323 g/mol. The molecular weight excluding hydrogens is 301 g/mol. The van der Waals surface area contributed by atoms with Gasteiger partial charge in [0.05, 0.1) is 0 Å². The maximum absolute atomic E-state index is 13.1. The number of aliphatic carboxylic acids is 1. The van der Waals surface area contributed by atoms with E-state index in [0.717, 1.165) is 6.07 Å². The summed E-state index contributed by atoms with van der Waals surface area (Å²) in [4.78, 5) is 35.2. The Bertz CT molecular complexity index is 586. The molecule has 0 radical (unpaired) electrons. The molecule has 0 aromatic heterocycles. The highest BCUT2D eigenvalue weighted by Gasteiger charge is 2.24. The van der Waals surface area contributed by atoms with Crippen LogP contribution < -0.4 is 5.32 Å². The summed E-state index contributed by atoms with van der Waals surface area (Å²) in [5.74, 6) is -3.02. The van der Waals surface area contributed by atoms with Crippen LogP contribution in [0.25, 0.3) is 0 Å². The van der Waals surface area contributed by atoms with E-state index in [2.05, 4.69) is 5.32 Å². The molecule has 0 bridgehead atoms. The van der Waals surface area contributed by atoms with Crippen molar-refractivity contribution in [1.29, 1.82) is 0 Å². The van der Waals surface area contributed by atoms with E-state index in [-0.39, 0.29) is 23.7 Å². The quantitative estimate of drug-likeness (QED) is 0.720. The number of benzene rings is 1. The number of ketones is 1. The van der Waals surface area contributed by atoms with Gasteiger partial charge >= 0.3 is 5.97 Å². The molecule has 6 heteroatoms. The summed E-state index contributed by atoms with van der Waals surface area (Å²) in [5.41, 5.74) is 0.197. The first-order valence-electron chi connectivity index (χ1n) is 7.52. The number of amides is 1. The SMILES string of the molecule is CC(C)CC(NC(=O)CC(C)C(=O)c1cccc(F)c1)C(=O)O. The summed E-state index contributed by atoms with van der Waals surface area (Å²) in [6.07, 6.45) is 0.171. The molecule has 23 heavy (non-hydrogen) atoms. The van der Waals surface area contributed by atoms with Crippen molar-refractivity contribution in [3.8, 4) is 0 Å². The lowest BCUT2D eigenvalue weighted by atomic mass is 9.95. The first-order chi connectivity index (χ1) is 10.7. The Morgan fingerprint density at radius 2 is 1.87 bits per heavy atom. The first kappa shape index (κ1) is 18.8. The minimum atomic E-state index is -1.10. The number of carboxylic acids is 1. The maximum atomic E-state index is 13.1. The molecule has 1 rings (SSSR count). The van der Waals surface area contributed by atoms with Gasteiger partial charge in [0.2, 0.25) is 5.91 Å². The van der Waals surface area contributed by atoms with Crippen molar-refractivity contribution < 1.29 is 23.9 Å². The van der Waals surface area contributed by atoms with Crippen LogP contribution in [0.1, 0.15) is 44.0 Å². The van der Waals surface area contributed by atoms with Crippen LogP contribution in [0.2, 0.25) is 0 Å². The minimum Gasteiger partial charge on any atom is -0.480 e. The van der Waals surface area contributed by atoms with E-state index in [0.29, 0.717) is 6.42 Å². The summed E-state index contributed by atoms with van der Waals surface area (Å²) in [5, 5.41) is 11.5. The fraction of sp³-hybridized carbons (Fsp3) is 0.471. The number of halogens is 1. The molecule has 0 aliphatic carbocycles. The molecule has 0 spiro atoms. The van der Waals surface area contributed by atoms with Crippen molar-refractivity contribution in [1.82, 2.24) is 5.32 Å². The summed E-state index contributed by atoms with van der Waals surface area (Å²) in [7, 11) is 0. The zero-order valence-electron chi connectivity index (χ0n) is 13.5. The lowest BCUT2D eigenvalue weighted by Crippen LogP contribution is -2.42. The molecule has 0 saturated carbocycles. The second-order valence-electron chi connectivity index (χ2n) is 6.07. The molecule has 0 aliphatic heterocycles. The van der Waals surface area contributed by atoms with Gasteiger partial charge in [-0.3, -0.25) is 9.59 Å². The summed E-state index contributed by atoms with van der Waals surface area (Å²) in [6, 6.07) is 4.29. The fourth-order valence-electron chi connectivity index (χ4n) is 2.24. The van der Waals surface area contributed by atoms with Crippen LogP contribution in [0.3, 0.4) is 0 Å². The molecule has 1 amide bonds. The Morgan fingerprint density at radius 3 is 2.39 bits per heavy atom. The predicted octanol–water partition coefficient (Wildman–Crippen LogP) is 2.65. The minimum absolute atomic E-state index is 0.114. The van der Waals surface area contributed by atoms with Crippen LogP contribution in [-0.2, 0) is 9.59 Å². The number of carboxylic acid groups (broad SMARTS) is 1. The van der Waals surface area contributed by atoms with Gasteiger partial charge in [-0.25, -0.2) is 9.18 Å². The lowest BCUT2D eigenvalue weighted by molar-refractivity contribution is -0.142. The number of carbonyl (C=O) groups excluding carboxylic acids is 2. The Hall–Kier alpha value is -2.24. The lowest BCUT2D eigenvalue weighted by Gasteiger charge is -2.17. The van der Waals surface area contributed by atoms with Crippen LogP contribution in [0.4, 0.5) is 4.39 Å². The zero-order valence-corrected chi connectivity index (χ0v) is 13.5. The van der Waals surface area contributed by atoms with Gasteiger partial charge in [0.1, 0.15) is 11.9 Å². The molecule has 0 fully saturated rings. The highest BCUT2D eigenvalue weighted by atomic mass is 19.1. The van der Waals surface area contributed by atoms with Crippen molar-refractivity contribution in [2.24, 2.45) is 11.8 Å². The molecule has 2 N–H and O–H groups in total. The first-order valence-corrected chi connectivity index (χ1v) is 7.52. The van der Waals surface area contributed by atoms with Crippen LogP contribution in [0.15, 0.2) is 24.3 Å². The number of carbonyl (C=O) groups is 3. The van der Waals surface area contributed by atoms with Gasteiger partial charge < -0.3 is 10.4 Å². The van der Waals surface area contributed by atoms with Crippen LogP contribution in [0.5, 0.6) is 0 Å². The van der Waals surface area contributed by atoms with Crippen LogP contribution in [0, 0.1) is 17.7 Å². The molecule has 1 aromatic rings. The summed E-state index contributed by atoms with van der Waals surface area (Å²) < 4.78 is 13.1. The van der Waals surface area contributed by atoms with Gasteiger partial charge in [0.15, 0.2) is 5.78 Å². The monoisotopic (exact) mass is 323 g/mol. The van der Waals surface area contributed by atoms with Gasteiger partial charge in [-0.2, -0.15) is 0 Å². The third kappa shape index (κ3) is 6.18. The molecule has 1 aromatic carbocycles. The standard InChI is InChI=1S/C17H22FNO4/c1-10(2)7-14(17(22)23)19-15(20)8-11(3)16(21)12-5-4-6-13(18)9-12/h4-6,9-11,14H,7-8H2,1-3H3,(H,19,20)(H,22,23). The topological polar surface area (TPSA) is 83.5 Å². The van der Waals surface area contributed by atoms with Crippen molar-refractivity contribution in [3.05, 3.63) is 35.6 Å². The molecule has 126 valence electrons. The summed E-state index contributed by atoms with van der Waals surface area (Å²) >= 11 is 0. The van der Waals surface area contributed by atoms with Gasteiger partial charge in [0.25, 0.3) is 0 Å². The van der Waals surface area contributed by atoms with E-state index in [4.69, 9.17) is 5.11 Å². The Balaban J connectivity index is 2.65. The number of hydrogen-bond acceptors (Lipinski definition) is 3. The molecule has 0 aliphatic rings. The van der Waals surface area contributed by atoms with E-state index in [9.17, 15) is 18.8 Å². The third-order valence-electron chi connectivity index (χ3n) is 3.39. The second-order valence-corrected chi connectivity index (χ2v) is 6.07. The fourth-order valence-corrected chi connectivity index (χ4v) is 2.24. The van der Waals surface area contributed by atoms with Gasteiger partial charge in [-0.05, 0) is 24.5 Å². The molecular formula is C17H22FNO4. The maximum Gasteiger partial charge on any atom is 0.326 e. The molecule has 2 unspecified atom stereocenters. The second kappa shape index (κ2) is 8.41. The number of Topliss-reactive ketones (excluding diaryl/α,β-unsaturated/α-hetero) is 1. The number of rotatable bonds is 8. The van der Waals surface area contributed by atoms with Gasteiger partial charge in [0, 0.05) is 17.9 Å². The largest absolute Gasteiger partial charge is 0.480 e. The average Bonchev–Trinajstić information content (AvgIpc) is 2.45. The van der Waals surface area contributed by atoms with Crippen LogP contribution in [-0.4, -0.2) is 28.8 Å². The van der Waals surface area contributed by atoms with E-state index in [1.807, 2.05) is 13.8 Å². The van der Waals surface area contributed by atoms with E-state index < -0.39 is 29.7 Å². The third-order valence-corrected chi connectivity index (χ3v) is 3.39. The van der Waals surface area contributed by atoms with Crippen molar-refractivity contribution in [2.45, 2.75) is 39.7 Å². The normalized spacial score (nSPS) is 13.4. The molecule has 5 nitrogen and oxygen atoms in total. The summed E-state index contributed by atoms with van der Waals surface area (Å²) in [6.45, 7) is 5.28. The highest BCUT2D eigenvalue weighted by molar-refractivity contribution is 5.99. The van der Waals surface area contributed by atoms with E-state index >= 15 is 0 Å². The van der Waals surface area contributed by atoms with Crippen LogP contribution >= 0.6 is 0 Å². The Kier molecular flexibility index (Phi) is 6.88. The van der Waals surface area contributed by atoms with Gasteiger partial charge in [-0.15, -0.1) is 0 Å². The van der Waals surface area contributed by atoms with E-state index in [1.165, 1.54) is 18.2 Å². The van der Waals surface area contributed by atoms with Crippen molar-refractivity contribution in [2.75, 3.05) is 0 Å². The molecule has 0 heterocycles. The Morgan fingerprint density at radius 1 is 1.22 bits per heavy atom. The zero-order chi connectivity index (χ0) is 17.6. The molecule has 0 saturated heterocycles.